The van der Waals surface area contributed by atoms with Gasteiger partial charge in [0.05, 0.1) is 0 Å². The van der Waals surface area contributed by atoms with Crippen LogP contribution in [0, 0.1) is 5.92 Å². The van der Waals surface area contributed by atoms with Crippen LogP contribution < -0.4 is 10.1 Å². The van der Waals surface area contributed by atoms with Gasteiger partial charge in [-0.25, -0.2) is 0 Å². The maximum atomic E-state index is 12.1. The molecule has 0 aromatic heterocycles. The third-order valence-electron chi connectivity index (χ3n) is 7.86. The van der Waals surface area contributed by atoms with Crippen molar-refractivity contribution in [2.24, 2.45) is 5.92 Å². The number of anilines is 1. The number of piperidine rings is 1. The zero-order chi connectivity index (χ0) is 27.7. The third kappa shape index (κ3) is 7.40. The predicted molar refractivity (Wildman–Crippen MR) is 165 cm³/mol. The van der Waals surface area contributed by atoms with Crippen LogP contribution in [0.1, 0.15) is 56.3 Å². The number of likely N-dealkylation sites (tertiary alicyclic amines) is 1. The van der Waals surface area contributed by atoms with E-state index in [4.69, 9.17) is 4.74 Å². The monoisotopic (exact) mass is 532 g/mol. The van der Waals surface area contributed by atoms with E-state index in [9.17, 15) is 4.79 Å². The van der Waals surface area contributed by atoms with Gasteiger partial charge < -0.3 is 15.0 Å². The molecule has 4 heteroatoms. The molecule has 1 amide bonds. The van der Waals surface area contributed by atoms with Crippen molar-refractivity contribution < 1.29 is 9.53 Å². The molecule has 0 radical (unpaired) electrons. The molecule has 1 aliphatic heterocycles. The SMILES string of the molecule is CC(C)C(=O)Nc1cccc(C2CCN(CCC(Oc3ccc(-c4ccccc4)cc3)c3ccccc3)CC2)c1. The quantitative estimate of drug-likeness (QED) is 0.223. The first kappa shape index (κ1) is 27.7. The fourth-order valence-corrected chi connectivity index (χ4v) is 5.43. The molecule has 1 saturated heterocycles. The van der Waals surface area contributed by atoms with Crippen molar-refractivity contribution in [3.63, 3.8) is 0 Å². The number of nitrogens with one attached hydrogen (secondary N) is 1. The minimum absolute atomic E-state index is 0.00255. The van der Waals surface area contributed by atoms with Gasteiger partial charge in [0, 0.05) is 24.6 Å². The largest absolute Gasteiger partial charge is 0.486 e. The zero-order valence-electron chi connectivity index (χ0n) is 23.6. The molecule has 0 spiro atoms. The highest BCUT2D eigenvalue weighted by Gasteiger charge is 2.23. The van der Waals surface area contributed by atoms with Crippen LogP contribution in [0.25, 0.3) is 11.1 Å². The average Bonchev–Trinajstić information content (AvgIpc) is 3.01. The molecule has 0 saturated carbocycles. The molecule has 4 aromatic rings. The van der Waals surface area contributed by atoms with Crippen molar-refractivity contribution in [3.05, 3.63) is 120 Å². The lowest BCUT2D eigenvalue weighted by atomic mass is 9.89. The summed E-state index contributed by atoms with van der Waals surface area (Å²) < 4.78 is 6.57. The van der Waals surface area contributed by atoms with Crippen molar-refractivity contribution in [2.75, 3.05) is 25.0 Å². The van der Waals surface area contributed by atoms with Crippen LogP contribution >= 0.6 is 0 Å². The average molecular weight is 533 g/mol. The fourth-order valence-electron chi connectivity index (χ4n) is 5.43. The van der Waals surface area contributed by atoms with E-state index >= 15 is 0 Å². The molecule has 1 atom stereocenters. The van der Waals surface area contributed by atoms with Gasteiger partial charge >= 0.3 is 0 Å². The molecule has 1 aliphatic rings. The van der Waals surface area contributed by atoms with E-state index in [-0.39, 0.29) is 17.9 Å². The number of hydrogen-bond acceptors (Lipinski definition) is 3. The highest BCUT2D eigenvalue weighted by molar-refractivity contribution is 5.92. The van der Waals surface area contributed by atoms with E-state index in [0.29, 0.717) is 5.92 Å². The maximum absolute atomic E-state index is 12.1. The molecule has 0 aliphatic carbocycles. The minimum atomic E-state index is -0.0239. The summed E-state index contributed by atoms with van der Waals surface area (Å²) in [4.78, 5) is 14.7. The summed E-state index contributed by atoms with van der Waals surface area (Å²) in [6.07, 6.45) is 3.19. The van der Waals surface area contributed by atoms with Gasteiger partial charge in [-0.3, -0.25) is 4.79 Å². The smallest absolute Gasteiger partial charge is 0.226 e. The molecular weight excluding hydrogens is 492 g/mol. The second-order valence-corrected chi connectivity index (χ2v) is 11.1. The topological polar surface area (TPSA) is 41.6 Å². The minimum Gasteiger partial charge on any atom is -0.486 e. The third-order valence-corrected chi connectivity index (χ3v) is 7.86. The molecule has 206 valence electrons. The van der Waals surface area contributed by atoms with Crippen LogP contribution in [0.5, 0.6) is 5.75 Å². The summed E-state index contributed by atoms with van der Waals surface area (Å²) in [5.41, 5.74) is 5.85. The van der Waals surface area contributed by atoms with Gasteiger partial charge in [0.15, 0.2) is 0 Å². The standard InChI is InChI=1S/C36H40N2O2/c1-27(2)36(39)37-33-15-9-14-32(26-33)30-20-23-38(24-21-30)25-22-35(31-12-7-4-8-13-31)40-34-18-16-29(17-19-34)28-10-5-3-6-11-28/h3-19,26-27,30,35H,20-25H2,1-2H3,(H,37,39). The van der Waals surface area contributed by atoms with Crippen LogP contribution in [-0.2, 0) is 4.79 Å². The fraction of sp³-hybridized carbons (Fsp3) is 0.306. The van der Waals surface area contributed by atoms with Crippen LogP contribution in [0.2, 0.25) is 0 Å². The summed E-state index contributed by atoms with van der Waals surface area (Å²) in [7, 11) is 0. The Labute approximate surface area is 239 Å². The number of carbonyl (C=O) groups is 1. The summed E-state index contributed by atoms with van der Waals surface area (Å²) in [6.45, 7) is 6.98. The molecule has 5 rings (SSSR count). The van der Waals surface area contributed by atoms with E-state index in [1.165, 1.54) is 22.3 Å². The van der Waals surface area contributed by atoms with Crippen molar-refractivity contribution >= 4 is 11.6 Å². The highest BCUT2D eigenvalue weighted by atomic mass is 16.5. The molecule has 1 N–H and O–H groups in total. The lowest BCUT2D eigenvalue weighted by Gasteiger charge is -2.33. The number of nitrogens with zero attached hydrogens (tertiary/aromatic N) is 1. The summed E-state index contributed by atoms with van der Waals surface area (Å²) in [5, 5.41) is 3.05. The Balaban J connectivity index is 1.17. The molecule has 1 unspecified atom stereocenters. The summed E-state index contributed by atoms with van der Waals surface area (Å²) >= 11 is 0. The van der Waals surface area contributed by atoms with Crippen LogP contribution in [0.15, 0.2) is 109 Å². The van der Waals surface area contributed by atoms with Gasteiger partial charge in [-0.1, -0.05) is 98.8 Å². The van der Waals surface area contributed by atoms with Gasteiger partial charge in [0.1, 0.15) is 11.9 Å². The molecule has 1 fully saturated rings. The highest BCUT2D eigenvalue weighted by Crippen LogP contribution is 2.32. The number of rotatable bonds is 10. The van der Waals surface area contributed by atoms with Crippen LogP contribution in [-0.4, -0.2) is 30.4 Å². The zero-order valence-corrected chi connectivity index (χ0v) is 23.6. The van der Waals surface area contributed by atoms with Gasteiger partial charge in [-0.15, -0.1) is 0 Å². The Morgan fingerprint density at radius 3 is 2.15 bits per heavy atom. The summed E-state index contributed by atoms with van der Waals surface area (Å²) in [6, 6.07) is 37.9. The van der Waals surface area contributed by atoms with Crippen LogP contribution in [0.4, 0.5) is 5.69 Å². The van der Waals surface area contributed by atoms with Gasteiger partial charge in [-0.2, -0.15) is 0 Å². The Morgan fingerprint density at radius 1 is 0.825 bits per heavy atom. The second-order valence-electron chi connectivity index (χ2n) is 11.1. The van der Waals surface area contributed by atoms with Gasteiger partial charge in [0.25, 0.3) is 0 Å². The second kappa shape index (κ2) is 13.5. The first-order valence-electron chi connectivity index (χ1n) is 14.6. The number of amides is 1. The van der Waals surface area contributed by atoms with Crippen molar-refractivity contribution in [1.29, 1.82) is 0 Å². The van der Waals surface area contributed by atoms with Crippen molar-refractivity contribution in [1.82, 2.24) is 4.90 Å². The molecule has 4 nitrogen and oxygen atoms in total. The van der Waals surface area contributed by atoms with Gasteiger partial charge in [0.2, 0.25) is 5.91 Å². The lowest BCUT2D eigenvalue weighted by Crippen LogP contribution is -2.34. The Hall–Kier alpha value is -3.89. The molecule has 4 aromatic carbocycles. The molecular formula is C36H40N2O2. The van der Waals surface area contributed by atoms with Crippen molar-refractivity contribution in [3.8, 4) is 16.9 Å². The molecule has 40 heavy (non-hydrogen) atoms. The summed E-state index contributed by atoms with van der Waals surface area (Å²) in [5.74, 6) is 1.46. The number of benzene rings is 4. The van der Waals surface area contributed by atoms with E-state index in [2.05, 4.69) is 107 Å². The van der Waals surface area contributed by atoms with E-state index in [1.54, 1.807) is 0 Å². The normalized spacial score (nSPS) is 15.1. The predicted octanol–water partition coefficient (Wildman–Crippen LogP) is 8.34. The first-order chi connectivity index (χ1) is 19.5. The Kier molecular flexibility index (Phi) is 9.30. The number of carbonyl (C=O) groups excluding carboxylic acids is 1. The Bertz CT molecular complexity index is 1340. The Morgan fingerprint density at radius 2 is 1.48 bits per heavy atom. The van der Waals surface area contributed by atoms with Gasteiger partial charge in [-0.05, 0) is 78.4 Å². The van der Waals surface area contributed by atoms with E-state index in [1.807, 2.05) is 26.0 Å². The molecule has 1 heterocycles. The number of ether oxygens (including phenoxy) is 1. The maximum Gasteiger partial charge on any atom is 0.226 e. The lowest BCUT2D eigenvalue weighted by molar-refractivity contribution is -0.118. The van der Waals surface area contributed by atoms with E-state index in [0.717, 1.165) is 50.3 Å². The van der Waals surface area contributed by atoms with Crippen LogP contribution in [0.3, 0.4) is 0 Å². The molecule has 0 bridgehead atoms. The first-order valence-corrected chi connectivity index (χ1v) is 14.6. The van der Waals surface area contributed by atoms with E-state index < -0.39 is 0 Å². The van der Waals surface area contributed by atoms with Crippen molar-refractivity contribution in [2.45, 2.75) is 45.1 Å². The number of hydrogen-bond donors (Lipinski definition) is 1.